The van der Waals surface area contributed by atoms with Crippen LogP contribution in [0, 0.1) is 6.92 Å². The van der Waals surface area contributed by atoms with E-state index in [9.17, 15) is 0 Å². The van der Waals surface area contributed by atoms with Gasteiger partial charge in [0, 0.05) is 15.1 Å². The quantitative estimate of drug-likeness (QED) is 0.510. The molecule has 0 aromatic heterocycles. The van der Waals surface area contributed by atoms with Gasteiger partial charge in [-0.2, -0.15) is 0 Å². The van der Waals surface area contributed by atoms with Crippen molar-refractivity contribution in [1.29, 1.82) is 0 Å². The number of benzene rings is 2. The van der Waals surface area contributed by atoms with Crippen LogP contribution in [0.3, 0.4) is 0 Å². The van der Waals surface area contributed by atoms with E-state index in [0.717, 1.165) is 37.7 Å². The molecule has 1 nitrogen and oxygen atoms in total. The molecule has 0 bridgehead atoms. The number of rotatable bonds is 4. The molecular weight excluding hydrogens is 371 g/mol. The van der Waals surface area contributed by atoms with Crippen LogP contribution in [0.5, 0.6) is 11.5 Å². The third-order valence-electron chi connectivity index (χ3n) is 3.31. The molecule has 112 valence electrons. The van der Waals surface area contributed by atoms with E-state index in [4.69, 9.17) is 27.9 Å². The maximum absolute atomic E-state index is 6.30. The first kappa shape index (κ1) is 16.7. The van der Waals surface area contributed by atoms with E-state index in [1.54, 1.807) is 0 Å². The minimum atomic E-state index is 0.343. The first-order chi connectivity index (χ1) is 9.92. The van der Waals surface area contributed by atoms with Gasteiger partial charge in [0.25, 0.3) is 0 Å². The zero-order chi connectivity index (χ0) is 15.6. The minimum absolute atomic E-state index is 0.343. The van der Waals surface area contributed by atoms with E-state index in [1.807, 2.05) is 37.3 Å². The van der Waals surface area contributed by atoms with Gasteiger partial charge in [-0.15, -0.1) is 11.6 Å². The zero-order valence-electron chi connectivity index (χ0n) is 12.2. The summed E-state index contributed by atoms with van der Waals surface area (Å²) in [6, 6.07) is 9.81. The molecule has 0 radical (unpaired) electrons. The van der Waals surface area contributed by atoms with Crippen LogP contribution in [-0.2, 0) is 5.88 Å². The number of ether oxygens (including phenoxy) is 1. The highest BCUT2D eigenvalue weighted by Crippen LogP contribution is 2.36. The molecule has 0 aliphatic rings. The summed E-state index contributed by atoms with van der Waals surface area (Å²) >= 11 is 15.7. The second-order valence-electron chi connectivity index (χ2n) is 5.28. The molecule has 4 heteroatoms. The fourth-order valence-electron chi connectivity index (χ4n) is 2.07. The maximum atomic E-state index is 6.30. The molecule has 0 fully saturated rings. The van der Waals surface area contributed by atoms with Crippen molar-refractivity contribution in [3.8, 4) is 11.5 Å². The van der Waals surface area contributed by atoms with Crippen molar-refractivity contribution in [1.82, 2.24) is 0 Å². The zero-order valence-corrected chi connectivity index (χ0v) is 15.3. The Labute approximate surface area is 144 Å². The summed E-state index contributed by atoms with van der Waals surface area (Å²) < 4.78 is 7.04. The Hall–Kier alpha value is -0.700. The lowest BCUT2D eigenvalue weighted by molar-refractivity contribution is 0.473. The van der Waals surface area contributed by atoms with Gasteiger partial charge >= 0.3 is 0 Å². The molecule has 0 saturated heterocycles. The third-order valence-corrected chi connectivity index (χ3v) is 4.42. The molecule has 0 aliphatic heterocycles. The van der Waals surface area contributed by atoms with Crippen LogP contribution in [0.15, 0.2) is 34.8 Å². The Morgan fingerprint density at radius 1 is 1.14 bits per heavy atom. The average Bonchev–Trinajstić information content (AvgIpc) is 2.41. The van der Waals surface area contributed by atoms with Gasteiger partial charge in [-0.25, -0.2) is 0 Å². The van der Waals surface area contributed by atoms with E-state index < -0.39 is 0 Å². The third kappa shape index (κ3) is 3.94. The van der Waals surface area contributed by atoms with Crippen LogP contribution in [-0.4, -0.2) is 0 Å². The highest BCUT2D eigenvalue weighted by Gasteiger charge is 2.12. The summed E-state index contributed by atoms with van der Waals surface area (Å²) in [5.41, 5.74) is 3.05. The molecule has 0 amide bonds. The molecule has 0 unspecified atom stereocenters. The van der Waals surface area contributed by atoms with E-state index in [-0.39, 0.29) is 0 Å². The van der Waals surface area contributed by atoms with Gasteiger partial charge in [0.15, 0.2) is 0 Å². The first-order valence-corrected chi connectivity index (χ1v) is 8.45. The van der Waals surface area contributed by atoms with Crippen molar-refractivity contribution in [3.05, 3.63) is 56.5 Å². The number of hydrogen-bond donors (Lipinski definition) is 0. The molecule has 0 spiro atoms. The van der Waals surface area contributed by atoms with Gasteiger partial charge in [-0.05, 0) is 48.2 Å². The largest absolute Gasteiger partial charge is 0.457 e. The molecule has 0 saturated carbocycles. The molecule has 0 heterocycles. The lowest BCUT2D eigenvalue weighted by Crippen LogP contribution is -1.96. The first-order valence-electron chi connectivity index (χ1n) is 6.74. The molecular formula is C17H17BrCl2O. The van der Waals surface area contributed by atoms with Gasteiger partial charge in [0.2, 0.25) is 0 Å². The smallest absolute Gasteiger partial charge is 0.132 e. The van der Waals surface area contributed by atoms with Crippen LogP contribution in [0.1, 0.15) is 36.5 Å². The Bertz CT molecular complexity index is 653. The lowest BCUT2D eigenvalue weighted by atomic mass is 10.0. The predicted molar refractivity (Wildman–Crippen MR) is 94.1 cm³/mol. The summed E-state index contributed by atoms with van der Waals surface area (Å²) in [6.07, 6.45) is 0. The van der Waals surface area contributed by atoms with Crippen LogP contribution < -0.4 is 4.74 Å². The monoisotopic (exact) mass is 386 g/mol. The Kier molecular flexibility index (Phi) is 5.59. The summed E-state index contributed by atoms with van der Waals surface area (Å²) in [5, 5.41) is 0.779. The number of alkyl halides is 1. The summed E-state index contributed by atoms with van der Waals surface area (Å²) in [5.74, 6) is 2.33. The Balaban J connectivity index is 2.44. The SMILES string of the molecule is Cc1cc(Cl)c(C(C)C)cc1Oc1cc(Br)ccc1CCl. The predicted octanol–water partition coefficient (Wildman–Crippen LogP) is 7.07. The Morgan fingerprint density at radius 3 is 2.48 bits per heavy atom. The van der Waals surface area contributed by atoms with Crippen LogP contribution >= 0.6 is 39.1 Å². The van der Waals surface area contributed by atoms with Gasteiger partial charge in [-0.1, -0.05) is 47.4 Å². The number of halogens is 3. The van der Waals surface area contributed by atoms with Crippen molar-refractivity contribution in [2.24, 2.45) is 0 Å². The minimum Gasteiger partial charge on any atom is -0.457 e. The molecule has 2 rings (SSSR count). The summed E-state index contributed by atoms with van der Waals surface area (Å²) in [6.45, 7) is 6.22. The van der Waals surface area contributed by atoms with E-state index in [1.165, 1.54) is 0 Å². The van der Waals surface area contributed by atoms with Gasteiger partial charge in [0.05, 0.1) is 5.88 Å². The van der Waals surface area contributed by atoms with Gasteiger partial charge in [0.1, 0.15) is 11.5 Å². The van der Waals surface area contributed by atoms with E-state index in [0.29, 0.717) is 11.8 Å². The highest BCUT2D eigenvalue weighted by molar-refractivity contribution is 9.10. The second kappa shape index (κ2) is 7.04. The Morgan fingerprint density at radius 2 is 1.86 bits per heavy atom. The number of hydrogen-bond acceptors (Lipinski definition) is 1. The fourth-order valence-corrected chi connectivity index (χ4v) is 3.07. The molecule has 0 N–H and O–H groups in total. The topological polar surface area (TPSA) is 9.23 Å². The fraction of sp³-hybridized carbons (Fsp3) is 0.294. The van der Waals surface area contributed by atoms with Crippen molar-refractivity contribution < 1.29 is 4.74 Å². The lowest BCUT2D eigenvalue weighted by Gasteiger charge is -2.16. The van der Waals surface area contributed by atoms with Crippen molar-refractivity contribution in [2.75, 3.05) is 0 Å². The molecule has 21 heavy (non-hydrogen) atoms. The van der Waals surface area contributed by atoms with Crippen LogP contribution in [0.25, 0.3) is 0 Å². The normalized spacial score (nSPS) is 11.0. The van der Waals surface area contributed by atoms with E-state index in [2.05, 4.69) is 29.8 Å². The van der Waals surface area contributed by atoms with Crippen molar-refractivity contribution in [3.63, 3.8) is 0 Å². The standard InChI is InChI=1S/C17H17BrCl2O/c1-10(2)14-8-16(11(3)6-15(14)20)21-17-7-13(18)5-4-12(17)9-19/h4-8,10H,9H2,1-3H3. The van der Waals surface area contributed by atoms with Crippen LogP contribution in [0.4, 0.5) is 0 Å². The molecule has 2 aromatic carbocycles. The number of aryl methyl sites for hydroxylation is 1. The highest BCUT2D eigenvalue weighted by atomic mass is 79.9. The average molecular weight is 388 g/mol. The maximum Gasteiger partial charge on any atom is 0.132 e. The second-order valence-corrected chi connectivity index (χ2v) is 6.87. The summed E-state index contributed by atoms with van der Waals surface area (Å²) in [4.78, 5) is 0. The van der Waals surface area contributed by atoms with Crippen molar-refractivity contribution >= 4 is 39.1 Å². The summed E-state index contributed by atoms with van der Waals surface area (Å²) in [7, 11) is 0. The van der Waals surface area contributed by atoms with Gasteiger partial charge in [-0.3, -0.25) is 0 Å². The van der Waals surface area contributed by atoms with Gasteiger partial charge < -0.3 is 4.74 Å². The van der Waals surface area contributed by atoms with Crippen LogP contribution in [0.2, 0.25) is 5.02 Å². The van der Waals surface area contributed by atoms with E-state index >= 15 is 0 Å². The molecule has 0 aliphatic carbocycles. The molecule has 2 aromatic rings. The van der Waals surface area contributed by atoms with Crippen molar-refractivity contribution in [2.45, 2.75) is 32.6 Å². The molecule has 0 atom stereocenters.